The number of hydrogen-bond acceptors (Lipinski definition) is 5. The van der Waals surface area contributed by atoms with Crippen molar-refractivity contribution in [1.82, 2.24) is 10.3 Å². The Labute approximate surface area is 111 Å². The molecule has 0 radical (unpaired) electrons. The average molecular weight is 276 g/mol. The Kier molecular flexibility index (Phi) is 4.78. The van der Waals surface area contributed by atoms with Crippen LogP contribution < -0.4 is 11.3 Å². The fourth-order valence-electron chi connectivity index (χ4n) is 2.03. The van der Waals surface area contributed by atoms with Gasteiger partial charge < -0.3 is 9.64 Å². The predicted octanol–water partition coefficient (Wildman–Crippen LogP) is 1.11. The van der Waals surface area contributed by atoms with Crippen molar-refractivity contribution in [2.24, 2.45) is 5.84 Å². The molecular formula is C11H18ClN3OS. The summed E-state index contributed by atoms with van der Waals surface area (Å²) in [5.74, 6) is 5.63. The van der Waals surface area contributed by atoms with E-state index in [4.69, 9.17) is 22.2 Å². The molecule has 2 unspecified atom stereocenters. The molecule has 0 saturated carbocycles. The molecule has 1 fully saturated rings. The summed E-state index contributed by atoms with van der Waals surface area (Å²) in [6, 6.07) is 4.10. The van der Waals surface area contributed by atoms with Crippen molar-refractivity contribution < 1.29 is 4.74 Å². The second-order valence-electron chi connectivity index (χ2n) is 4.35. The summed E-state index contributed by atoms with van der Waals surface area (Å²) in [4.78, 5) is 3.50. The first kappa shape index (κ1) is 13.3. The van der Waals surface area contributed by atoms with Crippen LogP contribution in [0.4, 0.5) is 0 Å². The molecule has 1 aromatic rings. The highest BCUT2D eigenvalue weighted by Gasteiger charge is 2.26. The molecule has 4 nitrogen and oxygen atoms in total. The van der Waals surface area contributed by atoms with Gasteiger partial charge in [-0.25, -0.2) is 0 Å². The van der Waals surface area contributed by atoms with Crippen LogP contribution in [0, 0.1) is 0 Å². The third kappa shape index (κ3) is 3.64. The van der Waals surface area contributed by atoms with Crippen molar-refractivity contribution in [3.8, 4) is 0 Å². The van der Waals surface area contributed by atoms with Gasteiger partial charge in [-0.1, -0.05) is 11.6 Å². The summed E-state index contributed by atoms with van der Waals surface area (Å²) in [7, 11) is 2.10. The summed E-state index contributed by atoms with van der Waals surface area (Å²) in [5.41, 5.74) is 2.86. The molecule has 0 bridgehead atoms. The zero-order valence-electron chi connectivity index (χ0n) is 9.86. The van der Waals surface area contributed by atoms with Crippen LogP contribution in [0.15, 0.2) is 12.1 Å². The van der Waals surface area contributed by atoms with Gasteiger partial charge in [0.25, 0.3) is 0 Å². The minimum Gasteiger partial charge on any atom is -0.374 e. The van der Waals surface area contributed by atoms with Crippen molar-refractivity contribution in [3.63, 3.8) is 0 Å². The van der Waals surface area contributed by atoms with E-state index < -0.39 is 0 Å². The largest absolute Gasteiger partial charge is 0.374 e. The Bertz CT molecular complexity index is 360. The number of nitrogens with zero attached hydrogens (tertiary/aromatic N) is 1. The second-order valence-corrected chi connectivity index (χ2v) is 6.15. The molecule has 1 aliphatic heterocycles. The fraction of sp³-hybridized carbons (Fsp3) is 0.636. The third-order valence-corrected chi connectivity index (χ3v) is 4.26. The molecule has 0 amide bonds. The maximum atomic E-state index is 5.92. The number of halogens is 1. The summed E-state index contributed by atoms with van der Waals surface area (Å²) in [6.07, 6.45) is 0.992. The van der Waals surface area contributed by atoms with E-state index in [1.54, 1.807) is 11.3 Å². The van der Waals surface area contributed by atoms with Crippen molar-refractivity contribution >= 4 is 22.9 Å². The molecule has 2 rings (SSSR count). The Morgan fingerprint density at radius 1 is 1.71 bits per heavy atom. The van der Waals surface area contributed by atoms with Crippen molar-refractivity contribution in [3.05, 3.63) is 21.3 Å². The lowest BCUT2D eigenvalue weighted by Crippen LogP contribution is -2.53. The highest BCUT2D eigenvalue weighted by molar-refractivity contribution is 7.16. The summed E-state index contributed by atoms with van der Waals surface area (Å²) >= 11 is 7.52. The van der Waals surface area contributed by atoms with Gasteiger partial charge in [0.15, 0.2) is 0 Å². The van der Waals surface area contributed by atoms with E-state index in [1.165, 1.54) is 4.88 Å². The molecule has 3 N–H and O–H groups in total. The molecule has 0 aromatic carbocycles. The number of hydrogen-bond donors (Lipinski definition) is 2. The second kappa shape index (κ2) is 6.13. The lowest BCUT2D eigenvalue weighted by molar-refractivity contribution is -0.0383. The van der Waals surface area contributed by atoms with E-state index in [9.17, 15) is 0 Å². The van der Waals surface area contributed by atoms with E-state index in [-0.39, 0.29) is 12.1 Å². The van der Waals surface area contributed by atoms with Crippen LogP contribution in [0.25, 0.3) is 0 Å². The van der Waals surface area contributed by atoms with Crippen molar-refractivity contribution in [1.29, 1.82) is 0 Å². The Morgan fingerprint density at radius 2 is 2.53 bits per heavy atom. The van der Waals surface area contributed by atoms with Gasteiger partial charge in [0.1, 0.15) is 0 Å². The normalized spacial score (nSPS) is 23.8. The Balaban J connectivity index is 1.95. The van der Waals surface area contributed by atoms with Crippen LogP contribution in [0.2, 0.25) is 4.34 Å². The maximum absolute atomic E-state index is 5.92. The van der Waals surface area contributed by atoms with E-state index in [0.29, 0.717) is 0 Å². The molecule has 17 heavy (non-hydrogen) atoms. The fourth-order valence-corrected chi connectivity index (χ4v) is 3.18. The summed E-state index contributed by atoms with van der Waals surface area (Å²) < 4.78 is 6.58. The maximum Gasteiger partial charge on any atom is 0.0931 e. The highest BCUT2D eigenvalue weighted by Crippen LogP contribution is 2.23. The lowest BCUT2D eigenvalue weighted by atomic mass is 10.1. The predicted molar refractivity (Wildman–Crippen MR) is 71.4 cm³/mol. The van der Waals surface area contributed by atoms with Crippen LogP contribution >= 0.6 is 22.9 Å². The molecule has 0 aliphatic carbocycles. The zero-order valence-corrected chi connectivity index (χ0v) is 11.4. The Hall–Kier alpha value is -0.170. The monoisotopic (exact) mass is 275 g/mol. The first-order valence-electron chi connectivity index (χ1n) is 5.69. The smallest absolute Gasteiger partial charge is 0.0931 e. The van der Waals surface area contributed by atoms with Gasteiger partial charge >= 0.3 is 0 Å². The van der Waals surface area contributed by atoms with Gasteiger partial charge in [-0.15, -0.1) is 11.3 Å². The molecule has 2 heterocycles. The van der Waals surface area contributed by atoms with Gasteiger partial charge in [-0.05, 0) is 19.2 Å². The van der Waals surface area contributed by atoms with Gasteiger partial charge in [-0.2, -0.15) is 0 Å². The standard InChI is InChI=1S/C11H18ClN3OS/c1-15-4-5-16-10(7-15)9(14-13)6-8-2-3-11(12)17-8/h2-3,9-10,14H,4-7,13H2,1H3. The average Bonchev–Trinajstić information content (AvgIpc) is 2.72. The number of rotatable bonds is 4. The number of hydrazine groups is 1. The number of nitrogens with two attached hydrogens (primary N) is 1. The number of likely N-dealkylation sites (N-methyl/N-ethyl adjacent to an activating group) is 1. The first-order valence-corrected chi connectivity index (χ1v) is 6.89. The SMILES string of the molecule is CN1CCOC(C(Cc2ccc(Cl)s2)NN)C1. The van der Waals surface area contributed by atoms with Gasteiger partial charge in [0.2, 0.25) is 0 Å². The van der Waals surface area contributed by atoms with Gasteiger partial charge in [-0.3, -0.25) is 11.3 Å². The molecule has 1 aromatic heterocycles. The van der Waals surface area contributed by atoms with E-state index in [2.05, 4.69) is 17.4 Å². The minimum atomic E-state index is 0.132. The number of morpholine rings is 1. The van der Waals surface area contributed by atoms with Gasteiger partial charge in [0, 0.05) is 24.4 Å². The van der Waals surface area contributed by atoms with Crippen LogP contribution in [0.1, 0.15) is 4.88 Å². The quantitative estimate of drug-likeness (QED) is 0.638. The van der Waals surface area contributed by atoms with Crippen LogP contribution in [-0.4, -0.2) is 43.8 Å². The van der Waals surface area contributed by atoms with Crippen LogP contribution in [-0.2, 0) is 11.2 Å². The number of thiophene rings is 1. The molecular weight excluding hydrogens is 258 g/mol. The van der Waals surface area contributed by atoms with E-state index in [1.807, 2.05) is 12.1 Å². The molecule has 1 aliphatic rings. The van der Waals surface area contributed by atoms with Crippen LogP contribution in [0.3, 0.4) is 0 Å². The first-order chi connectivity index (χ1) is 8.19. The minimum absolute atomic E-state index is 0.132. The Morgan fingerprint density at radius 3 is 3.12 bits per heavy atom. The van der Waals surface area contributed by atoms with Crippen LogP contribution in [0.5, 0.6) is 0 Å². The topological polar surface area (TPSA) is 50.5 Å². The van der Waals surface area contributed by atoms with Crippen molar-refractivity contribution in [2.45, 2.75) is 18.6 Å². The van der Waals surface area contributed by atoms with Crippen molar-refractivity contribution in [2.75, 3.05) is 26.7 Å². The highest BCUT2D eigenvalue weighted by atomic mass is 35.5. The number of ether oxygens (including phenoxy) is 1. The number of nitrogens with one attached hydrogen (secondary N) is 1. The molecule has 6 heteroatoms. The zero-order chi connectivity index (χ0) is 12.3. The molecule has 96 valence electrons. The van der Waals surface area contributed by atoms with E-state index >= 15 is 0 Å². The van der Waals surface area contributed by atoms with E-state index in [0.717, 1.165) is 30.5 Å². The van der Waals surface area contributed by atoms with Gasteiger partial charge in [0.05, 0.1) is 23.1 Å². The molecule has 0 spiro atoms. The summed E-state index contributed by atoms with van der Waals surface area (Å²) in [5, 5.41) is 0. The summed E-state index contributed by atoms with van der Waals surface area (Å²) in [6.45, 7) is 2.66. The third-order valence-electron chi connectivity index (χ3n) is 3.01. The molecule has 2 atom stereocenters. The lowest BCUT2D eigenvalue weighted by Gasteiger charge is -2.34. The molecule has 1 saturated heterocycles.